The van der Waals surface area contributed by atoms with Gasteiger partial charge in [0, 0.05) is 32.0 Å². The first-order valence-corrected chi connectivity index (χ1v) is 6.83. The molecule has 1 nitrogen and oxygen atoms in total. The van der Waals surface area contributed by atoms with Gasteiger partial charge in [-0.25, -0.2) is 8.78 Å². The summed E-state index contributed by atoms with van der Waals surface area (Å²) in [5.74, 6) is -2.43. The molecule has 1 saturated heterocycles. The summed E-state index contributed by atoms with van der Waals surface area (Å²) in [6.07, 6.45) is 3.30. The fraction of sp³-hybridized carbons (Fsp3) is 0.600. The summed E-state index contributed by atoms with van der Waals surface area (Å²) in [5, 5.41) is 0. The monoisotopic (exact) mass is 251 g/mol. The third kappa shape index (κ3) is 2.41. The highest BCUT2D eigenvalue weighted by Crippen LogP contribution is 2.31. The third-order valence-electron chi connectivity index (χ3n) is 4.37. The van der Waals surface area contributed by atoms with Gasteiger partial charge in [0.25, 0.3) is 5.92 Å². The largest absolute Gasteiger partial charge is 0.300 e. The van der Waals surface area contributed by atoms with Crippen LogP contribution in [0.5, 0.6) is 0 Å². The van der Waals surface area contributed by atoms with Crippen molar-refractivity contribution in [3.8, 4) is 0 Å². The molecule has 1 aromatic rings. The van der Waals surface area contributed by atoms with E-state index >= 15 is 0 Å². The summed E-state index contributed by atoms with van der Waals surface area (Å²) < 4.78 is 26.3. The Balaban J connectivity index is 1.66. The first-order chi connectivity index (χ1) is 8.64. The molecule has 1 aliphatic heterocycles. The molecule has 18 heavy (non-hydrogen) atoms. The van der Waals surface area contributed by atoms with Gasteiger partial charge in [-0.15, -0.1) is 0 Å². The number of fused-ring (bicyclic) bond motifs is 1. The first kappa shape index (κ1) is 12.1. The van der Waals surface area contributed by atoms with Gasteiger partial charge in [-0.3, -0.25) is 4.90 Å². The number of hydrogen-bond acceptors (Lipinski definition) is 1. The lowest BCUT2D eigenvalue weighted by atomic mass is 9.86. The van der Waals surface area contributed by atoms with Crippen molar-refractivity contribution in [2.75, 3.05) is 13.1 Å². The van der Waals surface area contributed by atoms with E-state index in [9.17, 15) is 8.78 Å². The second-order valence-corrected chi connectivity index (χ2v) is 5.56. The van der Waals surface area contributed by atoms with Gasteiger partial charge in [0.1, 0.15) is 0 Å². The van der Waals surface area contributed by atoms with Crippen molar-refractivity contribution in [2.24, 2.45) is 0 Å². The van der Waals surface area contributed by atoms with Crippen molar-refractivity contribution in [2.45, 2.75) is 44.1 Å². The Morgan fingerprint density at radius 1 is 1.06 bits per heavy atom. The Kier molecular flexibility index (Phi) is 3.10. The lowest BCUT2D eigenvalue weighted by molar-refractivity contribution is -0.0639. The molecule has 0 aromatic heterocycles. The van der Waals surface area contributed by atoms with Crippen molar-refractivity contribution < 1.29 is 8.78 Å². The average molecular weight is 251 g/mol. The number of hydrogen-bond donors (Lipinski definition) is 0. The van der Waals surface area contributed by atoms with Gasteiger partial charge in [0.15, 0.2) is 0 Å². The second kappa shape index (κ2) is 4.61. The zero-order chi connectivity index (χ0) is 12.6. The molecular formula is C15H19F2N. The molecule has 0 N–H and O–H groups in total. The minimum Gasteiger partial charge on any atom is -0.300 e. The minimum absolute atomic E-state index is 0.0329. The molecule has 0 amide bonds. The van der Waals surface area contributed by atoms with Crippen LogP contribution in [0.1, 0.15) is 30.4 Å². The molecule has 1 heterocycles. The summed E-state index contributed by atoms with van der Waals surface area (Å²) in [6, 6.07) is 9.00. The highest BCUT2D eigenvalue weighted by molar-refractivity contribution is 5.30. The third-order valence-corrected chi connectivity index (χ3v) is 4.37. The molecule has 0 bridgehead atoms. The zero-order valence-corrected chi connectivity index (χ0v) is 10.5. The molecule has 3 heteroatoms. The van der Waals surface area contributed by atoms with Crippen LogP contribution in [-0.2, 0) is 12.8 Å². The van der Waals surface area contributed by atoms with Crippen LogP contribution < -0.4 is 0 Å². The van der Waals surface area contributed by atoms with Crippen LogP contribution in [0.2, 0.25) is 0 Å². The Bertz CT molecular complexity index is 420. The molecular weight excluding hydrogens is 232 g/mol. The van der Waals surface area contributed by atoms with Gasteiger partial charge in [0.05, 0.1) is 0 Å². The molecule has 0 spiro atoms. The van der Waals surface area contributed by atoms with Crippen LogP contribution in [0.25, 0.3) is 0 Å². The van der Waals surface area contributed by atoms with Crippen LogP contribution in [0.15, 0.2) is 24.3 Å². The van der Waals surface area contributed by atoms with E-state index in [1.165, 1.54) is 11.1 Å². The number of halogens is 2. The van der Waals surface area contributed by atoms with Crippen LogP contribution in [0.3, 0.4) is 0 Å². The average Bonchev–Trinajstić information content (AvgIpc) is 2.38. The number of aryl methyl sites for hydroxylation is 1. The molecule has 1 fully saturated rings. The SMILES string of the molecule is FC1(F)CCN(C2CCc3ccccc3C2)CC1. The highest BCUT2D eigenvalue weighted by Gasteiger charge is 2.36. The maximum Gasteiger partial charge on any atom is 0.250 e. The van der Waals surface area contributed by atoms with Crippen LogP contribution in [-0.4, -0.2) is 30.0 Å². The van der Waals surface area contributed by atoms with Crippen LogP contribution in [0, 0.1) is 0 Å². The van der Waals surface area contributed by atoms with Gasteiger partial charge in [-0.1, -0.05) is 24.3 Å². The highest BCUT2D eigenvalue weighted by atomic mass is 19.3. The summed E-state index contributed by atoms with van der Waals surface area (Å²) >= 11 is 0. The summed E-state index contributed by atoms with van der Waals surface area (Å²) in [4.78, 5) is 2.27. The van der Waals surface area contributed by atoms with Gasteiger partial charge in [-0.2, -0.15) is 0 Å². The van der Waals surface area contributed by atoms with Gasteiger partial charge >= 0.3 is 0 Å². The van der Waals surface area contributed by atoms with E-state index in [1.54, 1.807) is 0 Å². The van der Waals surface area contributed by atoms with E-state index in [-0.39, 0.29) is 12.8 Å². The van der Waals surface area contributed by atoms with Gasteiger partial charge < -0.3 is 0 Å². The summed E-state index contributed by atoms with van der Waals surface area (Å²) in [7, 11) is 0. The predicted octanol–water partition coefficient (Wildman–Crippen LogP) is 3.28. The minimum atomic E-state index is -2.43. The number of rotatable bonds is 1. The molecule has 0 saturated carbocycles. The number of nitrogens with zero attached hydrogens (tertiary/aromatic N) is 1. The Labute approximate surface area is 107 Å². The van der Waals surface area contributed by atoms with E-state index in [2.05, 4.69) is 29.2 Å². The van der Waals surface area contributed by atoms with E-state index in [0.717, 1.165) is 19.3 Å². The Hall–Kier alpha value is -0.960. The van der Waals surface area contributed by atoms with Crippen molar-refractivity contribution in [3.63, 3.8) is 0 Å². The number of likely N-dealkylation sites (tertiary alicyclic amines) is 1. The van der Waals surface area contributed by atoms with Gasteiger partial charge in [0.2, 0.25) is 0 Å². The van der Waals surface area contributed by atoms with Crippen molar-refractivity contribution >= 4 is 0 Å². The van der Waals surface area contributed by atoms with Crippen molar-refractivity contribution in [3.05, 3.63) is 35.4 Å². The number of alkyl halides is 2. The smallest absolute Gasteiger partial charge is 0.250 e. The van der Waals surface area contributed by atoms with E-state index < -0.39 is 5.92 Å². The number of piperidine rings is 1. The molecule has 1 aromatic carbocycles. The summed E-state index contributed by atoms with van der Waals surface area (Å²) in [5.41, 5.74) is 2.85. The van der Waals surface area contributed by atoms with E-state index in [4.69, 9.17) is 0 Å². The Morgan fingerprint density at radius 3 is 2.44 bits per heavy atom. The first-order valence-electron chi connectivity index (χ1n) is 6.83. The lowest BCUT2D eigenvalue weighted by Gasteiger charge is -2.39. The van der Waals surface area contributed by atoms with Crippen molar-refractivity contribution in [1.29, 1.82) is 0 Å². The molecule has 2 aliphatic rings. The fourth-order valence-corrected chi connectivity index (χ4v) is 3.21. The predicted molar refractivity (Wildman–Crippen MR) is 68.0 cm³/mol. The molecule has 0 radical (unpaired) electrons. The second-order valence-electron chi connectivity index (χ2n) is 5.56. The van der Waals surface area contributed by atoms with Gasteiger partial charge in [-0.05, 0) is 30.4 Å². The van der Waals surface area contributed by atoms with Crippen molar-refractivity contribution in [1.82, 2.24) is 4.90 Å². The number of benzene rings is 1. The summed E-state index contributed by atoms with van der Waals surface area (Å²) in [6.45, 7) is 1.11. The molecule has 3 rings (SSSR count). The zero-order valence-electron chi connectivity index (χ0n) is 10.5. The molecule has 1 unspecified atom stereocenters. The Morgan fingerprint density at radius 2 is 1.72 bits per heavy atom. The normalized spacial score (nSPS) is 27.8. The molecule has 1 atom stereocenters. The molecule has 98 valence electrons. The van der Waals surface area contributed by atoms with E-state index in [0.29, 0.717) is 19.1 Å². The molecule has 1 aliphatic carbocycles. The standard InChI is InChI=1S/C15H19F2N/c16-15(17)7-9-18(10-8-15)14-6-5-12-3-1-2-4-13(12)11-14/h1-4,14H,5-11H2. The maximum atomic E-state index is 13.2. The van der Waals surface area contributed by atoms with E-state index in [1.807, 2.05) is 0 Å². The maximum absolute atomic E-state index is 13.2. The van der Waals surface area contributed by atoms with Crippen LogP contribution in [0.4, 0.5) is 8.78 Å². The quantitative estimate of drug-likeness (QED) is 0.740. The fourth-order valence-electron chi connectivity index (χ4n) is 3.21. The topological polar surface area (TPSA) is 3.24 Å². The lowest BCUT2D eigenvalue weighted by Crippen LogP contribution is -2.47. The van der Waals surface area contributed by atoms with Crippen LogP contribution >= 0.6 is 0 Å².